The number of carbonyl (C=O) groups is 1. The van der Waals surface area contributed by atoms with Crippen molar-refractivity contribution in [1.82, 2.24) is 14.1 Å². The van der Waals surface area contributed by atoms with Gasteiger partial charge in [-0.2, -0.15) is 9.40 Å². The highest BCUT2D eigenvalue weighted by atomic mass is 32.2. The third-order valence-corrected chi connectivity index (χ3v) is 5.77. The first-order chi connectivity index (χ1) is 8.87. The quantitative estimate of drug-likeness (QED) is 0.764. The molecule has 0 bridgehead atoms. The molecule has 0 spiro atoms. The van der Waals surface area contributed by atoms with Crippen molar-refractivity contribution < 1.29 is 13.2 Å². The number of aldehydes is 1. The molecule has 0 radical (unpaired) electrons. The van der Waals surface area contributed by atoms with E-state index in [4.69, 9.17) is 0 Å². The van der Waals surface area contributed by atoms with E-state index in [2.05, 4.69) is 5.10 Å². The standard InChI is InChI=1S/C12H19N3O3S/c1-9-12(10(2)14(3)13-9)19(17,18)15-6-4-5-11(7-15)8-16/h8,11H,4-7H2,1-3H3. The summed E-state index contributed by atoms with van der Waals surface area (Å²) in [5, 5.41) is 4.15. The van der Waals surface area contributed by atoms with Crippen LogP contribution in [0, 0.1) is 19.8 Å². The Morgan fingerprint density at radius 1 is 1.37 bits per heavy atom. The van der Waals surface area contributed by atoms with Crippen LogP contribution in [-0.4, -0.2) is 41.9 Å². The largest absolute Gasteiger partial charge is 0.303 e. The highest BCUT2D eigenvalue weighted by Crippen LogP contribution is 2.26. The van der Waals surface area contributed by atoms with Crippen LogP contribution in [0.4, 0.5) is 0 Å². The van der Waals surface area contributed by atoms with Crippen molar-refractivity contribution in [2.75, 3.05) is 13.1 Å². The summed E-state index contributed by atoms with van der Waals surface area (Å²) in [7, 11) is -1.83. The summed E-state index contributed by atoms with van der Waals surface area (Å²) in [5.41, 5.74) is 1.14. The monoisotopic (exact) mass is 285 g/mol. The molecule has 1 aromatic rings. The zero-order valence-electron chi connectivity index (χ0n) is 11.5. The Morgan fingerprint density at radius 2 is 2.05 bits per heavy atom. The van der Waals surface area contributed by atoms with Crippen LogP contribution >= 0.6 is 0 Å². The van der Waals surface area contributed by atoms with E-state index < -0.39 is 10.0 Å². The fraction of sp³-hybridized carbons (Fsp3) is 0.667. The molecule has 1 aliphatic rings. The third kappa shape index (κ3) is 2.44. The number of rotatable bonds is 3. The lowest BCUT2D eigenvalue weighted by Gasteiger charge is -2.29. The Bertz CT molecular complexity index is 592. The molecule has 1 aromatic heterocycles. The topological polar surface area (TPSA) is 72.3 Å². The number of carbonyl (C=O) groups excluding carboxylic acids is 1. The van der Waals surface area contributed by atoms with Crippen LogP contribution in [-0.2, 0) is 21.9 Å². The molecule has 0 aromatic carbocycles. The van der Waals surface area contributed by atoms with E-state index in [1.165, 1.54) is 4.31 Å². The van der Waals surface area contributed by atoms with Gasteiger partial charge in [-0.15, -0.1) is 0 Å². The van der Waals surface area contributed by atoms with Gasteiger partial charge in [-0.05, 0) is 26.7 Å². The second-order valence-corrected chi connectivity index (χ2v) is 6.90. The Labute approximate surface area is 113 Å². The minimum absolute atomic E-state index is 0.194. The summed E-state index contributed by atoms with van der Waals surface area (Å²) in [6.07, 6.45) is 2.34. The molecule has 19 heavy (non-hydrogen) atoms. The molecule has 1 aliphatic heterocycles. The van der Waals surface area contributed by atoms with E-state index in [1.807, 2.05) is 0 Å². The molecule has 0 saturated carbocycles. The first-order valence-corrected chi connectivity index (χ1v) is 7.77. The van der Waals surface area contributed by atoms with Crippen LogP contribution in [0.25, 0.3) is 0 Å². The third-order valence-electron chi connectivity index (χ3n) is 3.65. The summed E-state index contributed by atoms with van der Waals surface area (Å²) in [6, 6.07) is 0. The molecule has 7 heteroatoms. The predicted molar refractivity (Wildman–Crippen MR) is 70.2 cm³/mol. The zero-order chi connectivity index (χ0) is 14.2. The van der Waals surface area contributed by atoms with Crippen LogP contribution in [0.1, 0.15) is 24.2 Å². The van der Waals surface area contributed by atoms with Crippen molar-refractivity contribution in [2.45, 2.75) is 31.6 Å². The lowest BCUT2D eigenvalue weighted by molar-refractivity contribution is -0.112. The molecular weight excluding hydrogens is 266 g/mol. The van der Waals surface area contributed by atoms with Crippen molar-refractivity contribution in [3.8, 4) is 0 Å². The van der Waals surface area contributed by atoms with Crippen molar-refractivity contribution in [3.63, 3.8) is 0 Å². The number of nitrogens with zero attached hydrogens (tertiary/aromatic N) is 3. The molecule has 1 fully saturated rings. The van der Waals surface area contributed by atoms with Gasteiger partial charge >= 0.3 is 0 Å². The minimum atomic E-state index is -3.55. The van der Waals surface area contributed by atoms with Crippen molar-refractivity contribution in [2.24, 2.45) is 13.0 Å². The zero-order valence-corrected chi connectivity index (χ0v) is 12.3. The maximum Gasteiger partial charge on any atom is 0.246 e. The molecule has 1 saturated heterocycles. The minimum Gasteiger partial charge on any atom is -0.303 e. The second kappa shape index (κ2) is 5.05. The van der Waals surface area contributed by atoms with Gasteiger partial charge in [-0.3, -0.25) is 4.68 Å². The fourth-order valence-electron chi connectivity index (χ4n) is 2.56. The number of hydrogen-bond acceptors (Lipinski definition) is 4. The lowest BCUT2D eigenvalue weighted by atomic mass is 10.0. The van der Waals surface area contributed by atoms with Gasteiger partial charge < -0.3 is 4.79 Å². The van der Waals surface area contributed by atoms with Gasteiger partial charge in [0.1, 0.15) is 11.2 Å². The SMILES string of the molecule is Cc1nn(C)c(C)c1S(=O)(=O)N1CCCC(C=O)C1. The Balaban J connectivity index is 2.39. The van der Waals surface area contributed by atoms with Crippen LogP contribution < -0.4 is 0 Å². The van der Waals surface area contributed by atoms with Gasteiger partial charge in [0.2, 0.25) is 10.0 Å². The summed E-state index contributed by atoms with van der Waals surface area (Å²) < 4.78 is 28.3. The molecule has 0 N–H and O–H groups in total. The van der Waals surface area contributed by atoms with E-state index >= 15 is 0 Å². The summed E-state index contributed by atoms with van der Waals surface area (Å²) >= 11 is 0. The molecule has 2 heterocycles. The van der Waals surface area contributed by atoms with E-state index in [-0.39, 0.29) is 17.4 Å². The van der Waals surface area contributed by atoms with E-state index in [0.717, 1.165) is 19.1 Å². The summed E-state index contributed by atoms with van der Waals surface area (Å²) in [4.78, 5) is 11.1. The normalized spacial score (nSPS) is 21.5. The van der Waals surface area contributed by atoms with Crippen molar-refractivity contribution in [3.05, 3.63) is 11.4 Å². The van der Waals surface area contributed by atoms with Gasteiger partial charge in [-0.1, -0.05) is 0 Å². The predicted octanol–water partition coefficient (Wildman–Crippen LogP) is 0.637. The van der Waals surface area contributed by atoms with Crippen LogP contribution in [0.3, 0.4) is 0 Å². The number of aromatic nitrogens is 2. The number of aryl methyl sites for hydroxylation is 2. The Morgan fingerprint density at radius 3 is 2.58 bits per heavy atom. The van der Waals surface area contributed by atoms with Crippen molar-refractivity contribution >= 4 is 16.3 Å². The van der Waals surface area contributed by atoms with Crippen molar-refractivity contribution in [1.29, 1.82) is 0 Å². The van der Waals surface area contributed by atoms with Gasteiger partial charge in [0.25, 0.3) is 0 Å². The molecular formula is C12H19N3O3S. The van der Waals surface area contributed by atoms with Gasteiger partial charge in [0, 0.05) is 26.1 Å². The lowest BCUT2D eigenvalue weighted by Crippen LogP contribution is -2.40. The Kier molecular flexibility index (Phi) is 3.78. The smallest absolute Gasteiger partial charge is 0.246 e. The first kappa shape index (κ1) is 14.2. The van der Waals surface area contributed by atoms with Crippen LogP contribution in [0.2, 0.25) is 0 Å². The fourth-order valence-corrected chi connectivity index (χ4v) is 4.49. The average Bonchev–Trinajstić information content (AvgIpc) is 2.63. The molecule has 2 rings (SSSR count). The number of sulfonamides is 1. The molecule has 0 amide bonds. The van der Waals surface area contributed by atoms with Crippen LogP contribution in [0.5, 0.6) is 0 Å². The molecule has 106 valence electrons. The number of piperidine rings is 1. The average molecular weight is 285 g/mol. The molecule has 0 aliphatic carbocycles. The second-order valence-electron chi connectivity index (χ2n) is 5.02. The van der Waals surface area contributed by atoms with Gasteiger partial charge in [0.05, 0.1) is 11.4 Å². The first-order valence-electron chi connectivity index (χ1n) is 6.33. The molecule has 1 atom stereocenters. The maximum atomic E-state index is 12.7. The van der Waals surface area contributed by atoms with E-state index in [0.29, 0.717) is 17.9 Å². The number of hydrogen-bond donors (Lipinski definition) is 0. The Hall–Kier alpha value is -1.21. The highest BCUT2D eigenvalue weighted by Gasteiger charge is 2.33. The highest BCUT2D eigenvalue weighted by molar-refractivity contribution is 7.89. The van der Waals surface area contributed by atoms with Gasteiger partial charge in [-0.25, -0.2) is 8.42 Å². The van der Waals surface area contributed by atoms with Crippen LogP contribution in [0.15, 0.2) is 4.90 Å². The maximum absolute atomic E-state index is 12.7. The summed E-state index contributed by atoms with van der Waals surface area (Å²) in [6.45, 7) is 4.19. The molecule has 1 unspecified atom stereocenters. The summed E-state index contributed by atoms with van der Waals surface area (Å²) in [5.74, 6) is -0.194. The van der Waals surface area contributed by atoms with Gasteiger partial charge in [0.15, 0.2) is 0 Å². The van der Waals surface area contributed by atoms with E-state index in [1.54, 1.807) is 25.6 Å². The molecule has 6 nitrogen and oxygen atoms in total. The van der Waals surface area contributed by atoms with E-state index in [9.17, 15) is 13.2 Å².